The molecule has 0 aromatic heterocycles. The van der Waals surface area contributed by atoms with Gasteiger partial charge in [0, 0.05) is 6.05 Å². The highest BCUT2D eigenvalue weighted by Crippen LogP contribution is 2.17. The van der Waals surface area contributed by atoms with E-state index in [1.807, 2.05) is 24.3 Å². The van der Waals surface area contributed by atoms with Crippen molar-refractivity contribution >= 4 is 11.8 Å². The molecule has 0 aliphatic heterocycles. The summed E-state index contributed by atoms with van der Waals surface area (Å²) in [6, 6.07) is 9.63. The van der Waals surface area contributed by atoms with Crippen molar-refractivity contribution in [2.45, 2.75) is 0 Å². The predicted octanol–water partition coefficient (Wildman–Crippen LogP) is 2.42. The van der Waals surface area contributed by atoms with Gasteiger partial charge in [-0.15, -0.1) is 0 Å². The lowest BCUT2D eigenvalue weighted by Crippen LogP contribution is -2.34. The molecule has 0 atom stereocenters. The Morgan fingerprint density at radius 2 is 1.86 bits per heavy atom. The van der Waals surface area contributed by atoms with Crippen molar-refractivity contribution in [1.29, 1.82) is 5.26 Å². The lowest BCUT2D eigenvalue weighted by Gasteiger charge is -2.23. The van der Waals surface area contributed by atoms with Crippen LogP contribution in [0.2, 0.25) is 0 Å². The molecule has 0 saturated heterocycles. The fourth-order valence-electron chi connectivity index (χ4n) is 1.13. The van der Waals surface area contributed by atoms with Gasteiger partial charge in [-0.3, -0.25) is 4.48 Å². The summed E-state index contributed by atoms with van der Waals surface area (Å²) >= 11 is 0. The number of quaternary nitrogens is 1. The molecule has 0 saturated carbocycles. The van der Waals surface area contributed by atoms with E-state index in [4.69, 9.17) is 6.63 Å². The Hall–Kier alpha value is -1.59. The molecule has 0 aliphatic carbocycles. The third kappa shape index (κ3) is 2.72. The third-order valence-electron chi connectivity index (χ3n) is 1.97. The van der Waals surface area contributed by atoms with E-state index >= 15 is 0 Å². The smallest absolute Gasteiger partial charge is 0.132 e. The second-order valence-electron chi connectivity index (χ2n) is 4.00. The molecule has 2 heteroatoms. The minimum atomic E-state index is -0.0204. The Morgan fingerprint density at radius 1 is 1.29 bits per heavy atom. The summed E-state index contributed by atoms with van der Waals surface area (Å²) in [7, 11) is 6.28. The molecule has 0 N–H and O–H groups in total. The summed E-state index contributed by atoms with van der Waals surface area (Å²) < 4.78 is 7.99. The maximum atomic E-state index is 8.47. The van der Waals surface area contributed by atoms with E-state index in [1.54, 1.807) is 12.1 Å². The Balaban J connectivity index is 2.97. The summed E-state index contributed by atoms with van der Waals surface area (Å²) in [5, 5.41) is 8.47. The van der Waals surface area contributed by atoms with E-state index < -0.39 is 0 Å². The van der Waals surface area contributed by atoms with Crippen molar-refractivity contribution < 1.29 is 1.37 Å². The van der Waals surface area contributed by atoms with E-state index in [1.165, 1.54) is 5.69 Å². The predicted molar refractivity (Wildman–Crippen MR) is 60.7 cm³/mol. The maximum absolute atomic E-state index is 8.47. The van der Waals surface area contributed by atoms with Crippen molar-refractivity contribution in [3.8, 4) is 6.07 Å². The molecule has 0 amide bonds. The minimum absolute atomic E-state index is 0.0204. The summed E-state index contributed by atoms with van der Waals surface area (Å²) in [6.45, 7) is 0. The average Bonchev–Trinajstić information content (AvgIpc) is 2.17. The fourth-order valence-corrected chi connectivity index (χ4v) is 1.13. The molecule has 0 fully saturated rings. The van der Waals surface area contributed by atoms with Crippen molar-refractivity contribution in [2.24, 2.45) is 0 Å². The Labute approximate surface area is 86.7 Å². The number of nitriles is 1. The Morgan fingerprint density at radius 3 is 2.29 bits per heavy atom. The lowest BCUT2D eigenvalue weighted by atomic mass is 10.2. The number of benzene rings is 1. The van der Waals surface area contributed by atoms with Gasteiger partial charge in [0.15, 0.2) is 0 Å². The first-order valence-electron chi connectivity index (χ1n) is 4.94. The summed E-state index contributed by atoms with van der Waals surface area (Å²) in [5.74, 6) is 0. The fraction of sp³-hybridized carbons (Fsp3) is 0.250. The summed E-state index contributed by atoms with van der Waals surface area (Å²) in [4.78, 5) is 0. The van der Waals surface area contributed by atoms with Crippen molar-refractivity contribution in [1.82, 2.24) is 4.48 Å². The molecule has 2 nitrogen and oxygen atoms in total. The van der Waals surface area contributed by atoms with Crippen LogP contribution >= 0.6 is 0 Å². The largest absolute Gasteiger partial charge is 0.298 e. The van der Waals surface area contributed by atoms with Gasteiger partial charge in [-0.25, -0.2) is 0 Å². The molecule has 0 radical (unpaired) electrons. The van der Waals surface area contributed by atoms with E-state index in [9.17, 15) is 0 Å². The minimum Gasteiger partial charge on any atom is -0.298 e. The van der Waals surface area contributed by atoms with Crippen LogP contribution in [0.3, 0.4) is 0 Å². The monoisotopic (exact) mass is 188 g/mol. The van der Waals surface area contributed by atoms with E-state index in [-0.39, 0.29) is 6.05 Å². The first-order chi connectivity index (χ1) is 6.93. The highest BCUT2D eigenvalue weighted by Gasteiger charge is 2.10. The topological polar surface area (TPSA) is 23.8 Å². The van der Waals surface area contributed by atoms with Crippen LogP contribution in [-0.4, -0.2) is 21.1 Å². The zero-order valence-electron chi connectivity index (χ0n) is 9.78. The molecule has 14 heavy (non-hydrogen) atoms. The van der Waals surface area contributed by atoms with Gasteiger partial charge in [0.25, 0.3) is 0 Å². The quantitative estimate of drug-likeness (QED) is 0.516. The van der Waals surface area contributed by atoms with Gasteiger partial charge in [-0.05, 0) is 35.9 Å². The zero-order valence-corrected chi connectivity index (χ0v) is 8.78. The standard InChI is InChI=1S/C12H15N2/c1-14(2,3)12-8-6-11(7-9-12)5-4-10-13/h4-9H,1-3H3/q+1/b5-4+/i4D. The van der Waals surface area contributed by atoms with Gasteiger partial charge in [-0.2, -0.15) is 5.26 Å². The molecule has 0 spiro atoms. The molecular formula is C12H15N2+. The summed E-state index contributed by atoms with van der Waals surface area (Å²) in [6.07, 6.45) is 1.56. The van der Waals surface area contributed by atoms with Gasteiger partial charge in [0.2, 0.25) is 0 Å². The van der Waals surface area contributed by atoms with Crippen LogP contribution in [0.5, 0.6) is 0 Å². The molecule has 0 bridgehead atoms. The number of rotatable bonds is 2. The van der Waals surface area contributed by atoms with Gasteiger partial charge < -0.3 is 0 Å². The van der Waals surface area contributed by atoms with Crippen LogP contribution in [0.25, 0.3) is 6.08 Å². The molecule has 0 aliphatic rings. The highest BCUT2D eigenvalue weighted by atomic mass is 15.3. The zero-order chi connectivity index (χ0) is 11.5. The van der Waals surface area contributed by atoms with Crippen molar-refractivity contribution in [2.75, 3.05) is 21.1 Å². The molecule has 1 aromatic carbocycles. The number of nitrogens with zero attached hydrogens (tertiary/aromatic N) is 2. The Kier molecular flexibility index (Phi) is 2.62. The van der Waals surface area contributed by atoms with E-state index in [0.29, 0.717) is 0 Å². The van der Waals surface area contributed by atoms with Crippen LogP contribution in [-0.2, 0) is 0 Å². The van der Waals surface area contributed by atoms with Crippen LogP contribution in [0, 0.1) is 11.3 Å². The lowest BCUT2D eigenvalue weighted by molar-refractivity contribution is 0.486. The van der Waals surface area contributed by atoms with Gasteiger partial charge in [-0.1, -0.05) is 0 Å². The summed E-state index contributed by atoms with van der Waals surface area (Å²) in [5.41, 5.74) is 2.08. The van der Waals surface area contributed by atoms with Crippen LogP contribution < -0.4 is 4.48 Å². The molecule has 0 heterocycles. The van der Waals surface area contributed by atoms with Gasteiger partial charge in [0.05, 0.1) is 28.6 Å². The van der Waals surface area contributed by atoms with Gasteiger partial charge >= 0.3 is 0 Å². The van der Waals surface area contributed by atoms with Crippen molar-refractivity contribution in [3.05, 3.63) is 35.9 Å². The first-order valence-corrected chi connectivity index (χ1v) is 4.44. The average molecular weight is 188 g/mol. The molecular weight excluding hydrogens is 172 g/mol. The second kappa shape index (κ2) is 4.08. The normalized spacial score (nSPS) is 13.3. The number of allylic oxidation sites excluding steroid dienone is 1. The van der Waals surface area contributed by atoms with E-state index in [0.717, 1.165) is 10.0 Å². The molecule has 0 unspecified atom stereocenters. The van der Waals surface area contributed by atoms with Gasteiger partial charge in [0.1, 0.15) is 5.69 Å². The number of hydrogen-bond acceptors (Lipinski definition) is 1. The molecule has 72 valence electrons. The van der Waals surface area contributed by atoms with E-state index in [2.05, 4.69) is 21.1 Å². The van der Waals surface area contributed by atoms with Crippen molar-refractivity contribution in [3.63, 3.8) is 0 Å². The SMILES string of the molecule is [2H]/C(C#N)=C\c1ccc([N+](C)(C)C)cc1. The maximum Gasteiger partial charge on any atom is 0.132 e. The van der Waals surface area contributed by atoms with Crippen LogP contribution in [0.4, 0.5) is 5.69 Å². The number of hydrogen-bond donors (Lipinski definition) is 0. The Bertz CT molecular complexity index is 405. The highest BCUT2D eigenvalue weighted by molar-refractivity contribution is 5.55. The first kappa shape index (κ1) is 8.98. The second-order valence-corrected chi connectivity index (χ2v) is 4.00. The molecule has 1 rings (SSSR count). The third-order valence-corrected chi connectivity index (χ3v) is 1.97. The van der Waals surface area contributed by atoms with Crippen LogP contribution in [0.15, 0.2) is 30.3 Å². The van der Waals surface area contributed by atoms with Crippen LogP contribution in [0.1, 0.15) is 6.93 Å². The molecule has 1 aromatic rings.